The summed E-state index contributed by atoms with van der Waals surface area (Å²) in [5.41, 5.74) is 8.38. The van der Waals surface area contributed by atoms with E-state index in [9.17, 15) is 9.59 Å². The lowest BCUT2D eigenvalue weighted by molar-refractivity contribution is 0.692. The Morgan fingerprint density at radius 1 is 1.15 bits per heavy atom. The minimum atomic E-state index is -0.534. The first-order valence-corrected chi connectivity index (χ1v) is 7.92. The highest BCUT2D eigenvalue weighted by molar-refractivity contribution is 6.00. The number of hydrogen-bond acceptors (Lipinski definition) is 8. The molecule has 0 atom stereocenters. The molecule has 0 aliphatic carbocycles. The average molecular weight is 365 g/mol. The number of benzene rings is 1. The molecule has 3 aromatic heterocycles. The maximum Gasteiger partial charge on any atom is 0.332 e. The van der Waals surface area contributed by atoms with Crippen molar-refractivity contribution in [1.82, 2.24) is 28.9 Å². The fraction of sp³-hybridized carbons (Fsp3) is 0.125. The number of hydrogen-bond donors (Lipinski definition) is 2. The predicted molar refractivity (Wildman–Crippen MR) is 101 cm³/mol. The molecule has 0 fully saturated rings. The van der Waals surface area contributed by atoms with Crippen molar-refractivity contribution in [3.05, 3.63) is 57.0 Å². The summed E-state index contributed by atoms with van der Waals surface area (Å²) < 4.78 is 3.67. The lowest BCUT2D eigenvalue weighted by Crippen LogP contribution is -2.40. The standard InChI is InChI=1S/C16H15N9O2/c1-23-12(17)11(15(26)24(2)16(23)27)7-18-20-13-9-5-3-4-6-10(9)14-21-19-8-25(14)22-13/h3-8H,17H2,1-2H3,(H,20,22)/b18-7+. The number of nitrogens with zero attached hydrogens (tertiary/aromatic N) is 7. The van der Waals surface area contributed by atoms with E-state index in [1.165, 1.54) is 35.7 Å². The van der Waals surface area contributed by atoms with Gasteiger partial charge in [0.25, 0.3) is 5.56 Å². The summed E-state index contributed by atoms with van der Waals surface area (Å²) in [6.07, 6.45) is 2.75. The molecular weight excluding hydrogens is 350 g/mol. The summed E-state index contributed by atoms with van der Waals surface area (Å²) in [5.74, 6) is 0.482. The molecule has 0 radical (unpaired) electrons. The van der Waals surface area contributed by atoms with E-state index in [1.807, 2.05) is 24.3 Å². The van der Waals surface area contributed by atoms with Gasteiger partial charge in [-0.1, -0.05) is 24.3 Å². The van der Waals surface area contributed by atoms with Crippen LogP contribution in [0.25, 0.3) is 16.4 Å². The van der Waals surface area contributed by atoms with Crippen LogP contribution in [0.2, 0.25) is 0 Å². The van der Waals surface area contributed by atoms with Crippen LogP contribution < -0.4 is 22.4 Å². The first kappa shape index (κ1) is 16.4. The van der Waals surface area contributed by atoms with E-state index >= 15 is 0 Å². The minimum Gasteiger partial charge on any atom is -0.384 e. The summed E-state index contributed by atoms with van der Waals surface area (Å²) in [6.45, 7) is 0. The largest absolute Gasteiger partial charge is 0.384 e. The molecule has 3 N–H and O–H groups in total. The molecular formula is C16H15N9O2. The van der Waals surface area contributed by atoms with Gasteiger partial charge < -0.3 is 5.73 Å². The molecule has 0 aliphatic rings. The van der Waals surface area contributed by atoms with Gasteiger partial charge in [-0.3, -0.25) is 19.4 Å². The van der Waals surface area contributed by atoms with E-state index in [0.29, 0.717) is 11.5 Å². The van der Waals surface area contributed by atoms with Crippen LogP contribution in [0, 0.1) is 0 Å². The van der Waals surface area contributed by atoms with Gasteiger partial charge >= 0.3 is 5.69 Å². The van der Waals surface area contributed by atoms with E-state index in [1.54, 1.807) is 0 Å². The van der Waals surface area contributed by atoms with Crippen LogP contribution >= 0.6 is 0 Å². The predicted octanol–water partition coefficient (Wildman–Crippen LogP) is -0.297. The molecule has 27 heavy (non-hydrogen) atoms. The number of anilines is 2. The van der Waals surface area contributed by atoms with Gasteiger partial charge in [-0.15, -0.1) is 15.3 Å². The van der Waals surface area contributed by atoms with Crippen molar-refractivity contribution in [2.24, 2.45) is 19.2 Å². The molecule has 0 saturated carbocycles. The molecule has 11 nitrogen and oxygen atoms in total. The Hall–Kier alpha value is -4.02. The molecule has 4 rings (SSSR count). The second kappa shape index (κ2) is 6.05. The molecule has 0 amide bonds. The van der Waals surface area contributed by atoms with Gasteiger partial charge in [0.05, 0.1) is 6.21 Å². The fourth-order valence-corrected chi connectivity index (χ4v) is 2.77. The van der Waals surface area contributed by atoms with E-state index in [0.717, 1.165) is 15.3 Å². The number of nitrogens with one attached hydrogen (secondary N) is 1. The molecule has 4 aromatic rings. The monoisotopic (exact) mass is 365 g/mol. The van der Waals surface area contributed by atoms with Gasteiger partial charge in [0.2, 0.25) is 0 Å². The molecule has 0 unspecified atom stereocenters. The Balaban J connectivity index is 1.78. The van der Waals surface area contributed by atoms with E-state index in [4.69, 9.17) is 5.73 Å². The average Bonchev–Trinajstić information content (AvgIpc) is 3.16. The lowest BCUT2D eigenvalue weighted by Gasteiger charge is -2.09. The molecule has 3 heterocycles. The van der Waals surface area contributed by atoms with Gasteiger partial charge in [0, 0.05) is 24.9 Å². The zero-order chi connectivity index (χ0) is 19.1. The van der Waals surface area contributed by atoms with E-state index < -0.39 is 11.2 Å². The van der Waals surface area contributed by atoms with E-state index in [2.05, 4.69) is 25.8 Å². The summed E-state index contributed by atoms with van der Waals surface area (Å²) in [6, 6.07) is 7.52. The Labute approximate surface area is 151 Å². The number of nitrogen functional groups attached to an aromatic ring is 1. The number of rotatable bonds is 3. The second-order valence-corrected chi connectivity index (χ2v) is 5.87. The summed E-state index contributed by atoms with van der Waals surface area (Å²) >= 11 is 0. The maximum absolute atomic E-state index is 12.3. The van der Waals surface area contributed by atoms with E-state index in [-0.39, 0.29) is 11.4 Å². The molecule has 136 valence electrons. The third-order valence-electron chi connectivity index (χ3n) is 4.27. The zero-order valence-electron chi connectivity index (χ0n) is 14.5. The van der Waals surface area contributed by atoms with Crippen LogP contribution in [0.4, 0.5) is 11.6 Å². The molecule has 0 spiro atoms. The Morgan fingerprint density at radius 2 is 1.89 bits per heavy atom. The van der Waals surface area contributed by atoms with Crippen molar-refractivity contribution < 1.29 is 0 Å². The van der Waals surface area contributed by atoms with Gasteiger partial charge in [-0.25, -0.2) is 4.79 Å². The maximum atomic E-state index is 12.3. The topological polar surface area (TPSA) is 137 Å². The highest BCUT2D eigenvalue weighted by atomic mass is 16.2. The fourth-order valence-electron chi connectivity index (χ4n) is 2.77. The lowest BCUT2D eigenvalue weighted by atomic mass is 10.2. The van der Waals surface area contributed by atoms with Crippen LogP contribution in [0.1, 0.15) is 5.56 Å². The van der Waals surface area contributed by atoms with Crippen molar-refractivity contribution in [2.75, 3.05) is 11.2 Å². The van der Waals surface area contributed by atoms with Gasteiger partial charge in [-0.2, -0.15) is 9.62 Å². The number of nitrogens with two attached hydrogens (primary N) is 1. The SMILES string of the molecule is Cn1c(N)c(/C=N/Nc2nn3cnnc3c3ccccc23)c(=O)n(C)c1=O. The molecule has 0 bridgehead atoms. The highest BCUT2D eigenvalue weighted by Crippen LogP contribution is 2.23. The zero-order valence-corrected chi connectivity index (χ0v) is 14.5. The van der Waals surface area contributed by atoms with Crippen LogP contribution in [-0.4, -0.2) is 35.2 Å². The summed E-state index contributed by atoms with van der Waals surface area (Å²) in [7, 11) is 2.86. The van der Waals surface area contributed by atoms with Gasteiger partial charge in [0.15, 0.2) is 11.5 Å². The van der Waals surface area contributed by atoms with Crippen molar-refractivity contribution in [1.29, 1.82) is 0 Å². The third kappa shape index (κ3) is 2.52. The Morgan fingerprint density at radius 3 is 2.67 bits per heavy atom. The molecule has 0 aliphatic heterocycles. The Kier molecular flexibility index (Phi) is 3.69. The smallest absolute Gasteiger partial charge is 0.332 e. The van der Waals surface area contributed by atoms with Crippen molar-refractivity contribution >= 4 is 34.3 Å². The first-order valence-electron chi connectivity index (χ1n) is 7.92. The highest BCUT2D eigenvalue weighted by Gasteiger charge is 2.12. The second-order valence-electron chi connectivity index (χ2n) is 5.87. The number of fused-ring (bicyclic) bond motifs is 3. The third-order valence-corrected chi connectivity index (χ3v) is 4.27. The van der Waals surface area contributed by atoms with Crippen LogP contribution in [0.15, 0.2) is 45.3 Å². The Bertz CT molecular complexity index is 1330. The summed E-state index contributed by atoms with van der Waals surface area (Å²) in [4.78, 5) is 24.1. The van der Waals surface area contributed by atoms with Crippen LogP contribution in [-0.2, 0) is 14.1 Å². The van der Waals surface area contributed by atoms with Crippen molar-refractivity contribution in [3.8, 4) is 0 Å². The minimum absolute atomic E-state index is 0.0285. The quantitative estimate of drug-likeness (QED) is 0.376. The van der Waals surface area contributed by atoms with Crippen LogP contribution in [0.5, 0.6) is 0 Å². The molecule has 0 saturated heterocycles. The molecule has 11 heteroatoms. The summed E-state index contributed by atoms with van der Waals surface area (Å²) in [5, 5.41) is 18.0. The first-order chi connectivity index (χ1) is 13.0. The molecule has 1 aromatic carbocycles. The van der Waals surface area contributed by atoms with Crippen LogP contribution in [0.3, 0.4) is 0 Å². The van der Waals surface area contributed by atoms with Crippen molar-refractivity contribution in [3.63, 3.8) is 0 Å². The number of aromatic nitrogens is 6. The van der Waals surface area contributed by atoms with Gasteiger partial charge in [0.1, 0.15) is 17.7 Å². The van der Waals surface area contributed by atoms with Crippen molar-refractivity contribution in [2.45, 2.75) is 0 Å². The van der Waals surface area contributed by atoms with Gasteiger partial charge in [-0.05, 0) is 0 Å². The normalized spacial score (nSPS) is 11.6. The number of hydrazone groups is 1.